The Balaban J connectivity index is 3.37. The van der Waals surface area contributed by atoms with Crippen LogP contribution in [0.5, 0.6) is 0 Å². The Bertz CT molecular complexity index is 389. The Hall–Kier alpha value is -1.23. The van der Waals surface area contributed by atoms with Gasteiger partial charge >= 0.3 is 0 Å². The average molecular weight is 208 g/mol. The van der Waals surface area contributed by atoms with Gasteiger partial charge in [0.15, 0.2) is 6.29 Å². The van der Waals surface area contributed by atoms with Crippen molar-refractivity contribution in [1.82, 2.24) is 4.98 Å². The second-order valence-electron chi connectivity index (χ2n) is 2.23. The number of H-pyrrole nitrogens is 1. The van der Waals surface area contributed by atoms with Crippen LogP contribution in [0, 0.1) is 0 Å². The third-order valence-electron chi connectivity index (χ3n) is 1.40. The molecule has 1 N–H and O–H groups in total. The second-order valence-corrected chi connectivity index (χ2v) is 2.64. The molecule has 1 aromatic rings. The lowest BCUT2D eigenvalue weighted by Crippen LogP contribution is -2.14. The number of hydrogen-bond acceptors (Lipinski definition) is 2. The Morgan fingerprint density at radius 2 is 2.15 bits per heavy atom. The van der Waals surface area contributed by atoms with Crippen LogP contribution in [0.2, 0.25) is 5.02 Å². The van der Waals surface area contributed by atoms with Gasteiger partial charge in [-0.05, 0) is 6.07 Å². The molecule has 0 bridgehead atoms. The third-order valence-corrected chi connectivity index (χ3v) is 1.71. The van der Waals surface area contributed by atoms with E-state index in [2.05, 4.69) is 0 Å². The number of rotatable bonds is 2. The number of halogens is 3. The number of nitrogens with one attached hydrogen (secondary N) is 1. The molecule has 0 unspecified atom stereocenters. The fourth-order valence-corrected chi connectivity index (χ4v) is 1.03. The number of carbonyl (C=O) groups excluding carboxylic acids is 1. The van der Waals surface area contributed by atoms with Gasteiger partial charge in [-0.1, -0.05) is 11.6 Å². The molecule has 13 heavy (non-hydrogen) atoms. The van der Waals surface area contributed by atoms with Gasteiger partial charge in [0, 0.05) is 0 Å². The van der Waals surface area contributed by atoms with Crippen molar-refractivity contribution in [2.45, 2.75) is 6.43 Å². The van der Waals surface area contributed by atoms with Gasteiger partial charge < -0.3 is 4.98 Å². The summed E-state index contributed by atoms with van der Waals surface area (Å²) >= 11 is 5.37. The van der Waals surface area contributed by atoms with Crippen LogP contribution < -0.4 is 5.56 Å². The van der Waals surface area contributed by atoms with Gasteiger partial charge in [0.05, 0.1) is 10.6 Å². The molecular formula is C7H4ClF2NO2. The van der Waals surface area contributed by atoms with E-state index in [-0.39, 0.29) is 16.9 Å². The highest BCUT2D eigenvalue weighted by Gasteiger charge is 2.14. The summed E-state index contributed by atoms with van der Waals surface area (Å²) in [5, 5.41) is -0.322. The van der Waals surface area contributed by atoms with Crippen LogP contribution >= 0.6 is 11.6 Å². The number of hydrogen-bond donors (Lipinski definition) is 1. The summed E-state index contributed by atoms with van der Waals surface area (Å²) in [6.45, 7) is 0. The van der Waals surface area contributed by atoms with Crippen molar-refractivity contribution in [3.63, 3.8) is 0 Å². The monoisotopic (exact) mass is 207 g/mol. The minimum absolute atomic E-state index is 0.250. The molecule has 1 heterocycles. The summed E-state index contributed by atoms with van der Waals surface area (Å²) < 4.78 is 24.2. The number of aldehydes is 1. The minimum Gasteiger partial charge on any atom is -0.319 e. The molecule has 0 aliphatic rings. The highest BCUT2D eigenvalue weighted by molar-refractivity contribution is 6.31. The van der Waals surface area contributed by atoms with E-state index in [4.69, 9.17) is 11.6 Å². The maximum atomic E-state index is 12.1. The van der Waals surface area contributed by atoms with E-state index >= 15 is 0 Å². The van der Waals surface area contributed by atoms with Gasteiger partial charge in [-0.15, -0.1) is 0 Å². The van der Waals surface area contributed by atoms with Crippen LogP contribution in [-0.4, -0.2) is 11.3 Å². The van der Waals surface area contributed by atoms with E-state index in [0.717, 1.165) is 6.07 Å². The van der Waals surface area contributed by atoms with Crippen molar-refractivity contribution in [3.05, 3.63) is 32.7 Å². The molecule has 0 amide bonds. The molecule has 1 aromatic heterocycles. The molecule has 0 spiro atoms. The SMILES string of the molecule is O=Cc1cc(Cl)c(C(F)F)[nH]c1=O. The van der Waals surface area contributed by atoms with Crippen molar-refractivity contribution in [2.75, 3.05) is 0 Å². The van der Waals surface area contributed by atoms with E-state index in [0.29, 0.717) is 0 Å². The van der Waals surface area contributed by atoms with Gasteiger partial charge in [-0.3, -0.25) is 9.59 Å². The number of carbonyl (C=O) groups is 1. The first-order valence-electron chi connectivity index (χ1n) is 3.22. The predicted octanol–water partition coefficient (Wildman–Crippen LogP) is 1.78. The molecule has 3 nitrogen and oxygen atoms in total. The Morgan fingerprint density at radius 3 is 2.62 bits per heavy atom. The van der Waals surface area contributed by atoms with Crippen LogP contribution in [0.25, 0.3) is 0 Å². The van der Waals surface area contributed by atoms with Crippen molar-refractivity contribution in [1.29, 1.82) is 0 Å². The standard InChI is InChI=1S/C7H4ClF2NO2/c8-4-1-3(2-12)7(13)11-5(4)6(9)10/h1-2,6H,(H,11,13). The van der Waals surface area contributed by atoms with Gasteiger partial charge in [0.25, 0.3) is 12.0 Å². The fourth-order valence-electron chi connectivity index (χ4n) is 0.780. The first kappa shape index (κ1) is 9.85. The van der Waals surface area contributed by atoms with E-state index < -0.39 is 17.7 Å². The number of pyridine rings is 1. The zero-order valence-corrected chi connectivity index (χ0v) is 6.94. The lowest BCUT2D eigenvalue weighted by molar-refractivity contribution is 0.112. The Labute approximate surface area is 76.3 Å². The summed E-state index contributed by atoms with van der Waals surface area (Å²) in [7, 11) is 0. The van der Waals surface area contributed by atoms with Crippen molar-refractivity contribution in [2.24, 2.45) is 0 Å². The lowest BCUT2D eigenvalue weighted by atomic mass is 10.2. The highest BCUT2D eigenvalue weighted by Crippen LogP contribution is 2.23. The van der Waals surface area contributed by atoms with E-state index in [1.807, 2.05) is 4.98 Å². The van der Waals surface area contributed by atoms with Crippen LogP contribution in [0.3, 0.4) is 0 Å². The van der Waals surface area contributed by atoms with Gasteiger partial charge in [-0.2, -0.15) is 0 Å². The van der Waals surface area contributed by atoms with Gasteiger partial charge in [-0.25, -0.2) is 8.78 Å². The zero-order valence-electron chi connectivity index (χ0n) is 6.18. The molecule has 0 saturated heterocycles. The lowest BCUT2D eigenvalue weighted by Gasteiger charge is -2.01. The van der Waals surface area contributed by atoms with Crippen molar-refractivity contribution >= 4 is 17.9 Å². The summed E-state index contributed by atoms with van der Waals surface area (Å²) in [5.41, 5.74) is -1.80. The van der Waals surface area contributed by atoms with Crippen LogP contribution in [0.1, 0.15) is 22.5 Å². The molecule has 6 heteroatoms. The van der Waals surface area contributed by atoms with Crippen molar-refractivity contribution < 1.29 is 13.6 Å². The maximum Gasteiger partial charge on any atom is 0.279 e. The molecule has 0 saturated carbocycles. The van der Waals surface area contributed by atoms with Crippen LogP contribution in [0.4, 0.5) is 8.78 Å². The van der Waals surface area contributed by atoms with E-state index in [1.54, 1.807) is 0 Å². The fraction of sp³-hybridized carbons (Fsp3) is 0.143. The van der Waals surface area contributed by atoms with E-state index in [1.165, 1.54) is 0 Å². The largest absolute Gasteiger partial charge is 0.319 e. The second kappa shape index (κ2) is 3.66. The number of aromatic amines is 1. The summed E-state index contributed by atoms with van der Waals surface area (Å²) in [6.07, 6.45) is -2.61. The Morgan fingerprint density at radius 1 is 1.54 bits per heavy atom. The number of alkyl halides is 2. The number of aromatic nitrogens is 1. The topological polar surface area (TPSA) is 49.9 Å². The first-order chi connectivity index (χ1) is 6.06. The third kappa shape index (κ3) is 1.92. The first-order valence-corrected chi connectivity index (χ1v) is 3.60. The normalized spacial score (nSPS) is 10.5. The van der Waals surface area contributed by atoms with Crippen LogP contribution in [0.15, 0.2) is 10.9 Å². The van der Waals surface area contributed by atoms with Crippen LogP contribution in [-0.2, 0) is 0 Å². The summed E-state index contributed by atoms with van der Waals surface area (Å²) in [4.78, 5) is 22.9. The van der Waals surface area contributed by atoms with Gasteiger partial charge in [0.1, 0.15) is 5.69 Å². The molecule has 1 rings (SSSR count). The molecule has 0 aliphatic carbocycles. The van der Waals surface area contributed by atoms with E-state index in [9.17, 15) is 18.4 Å². The van der Waals surface area contributed by atoms with Gasteiger partial charge in [0.2, 0.25) is 0 Å². The molecule has 0 fully saturated rings. The average Bonchev–Trinajstić information content (AvgIpc) is 2.07. The predicted molar refractivity (Wildman–Crippen MR) is 42.4 cm³/mol. The van der Waals surface area contributed by atoms with Crippen molar-refractivity contribution in [3.8, 4) is 0 Å². The maximum absolute atomic E-state index is 12.1. The molecule has 0 aliphatic heterocycles. The smallest absolute Gasteiger partial charge is 0.279 e. The molecular weight excluding hydrogens is 204 g/mol. The molecule has 70 valence electrons. The molecule has 0 radical (unpaired) electrons. The Kier molecular flexibility index (Phi) is 2.77. The molecule has 0 atom stereocenters. The summed E-state index contributed by atoms with van der Waals surface area (Å²) in [6, 6.07) is 0.912. The molecule has 0 aromatic carbocycles. The highest BCUT2D eigenvalue weighted by atomic mass is 35.5. The zero-order chi connectivity index (χ0) is 10.0. The minimum atomic E-state index is -2.86. The quantitative estimate of drug-likeness (QED) is 0.752. The summed E-state index contributed by atoms with van der Waals surface area (Å²) in [5.74, 6) is 0.